The Morgan fingerprint density at radius 2 is 2.00 bits per heavy atom. The molecule has 0 unspecified atom stereocenters. The third-order valence-electron chi connectivity index (χ3n) is 3.88. The third-order valence-corrected chi connectivity index (χ3v) is 5.06. The first-order valence-electron chi connectivity index (χ1n) is 7.80. The molecule has 4 nitrogen and oxygen atoms in total. The quantitative estimate of drug-likeness (QED) is 0.844. The van der Waals surface area contributed by atoms with Crippen LogP contribution in [0.1, 0.15) is 28.4 Å². The Morgan fingerprint density at radius 3 is 2.73 bits per heavy atom. The van der Waals surface area contributed by atoms with Gasteiger partial charge in [-0.15, -0.1) is 11.8 Å². The average molecular weight is 380 g/mol. The number of carbonyl (C=O) groups is 2. The molecule has 1 heterocycles. The van der Waals surface area contributed by atoms with Gasteiger partial charge in [0.15, 0.2) is 0 Å². The zero-order valence-corrected chi connectivity index (χ0v) is 14.5. The Hall–Kier alpha value is -2.48. The molecule has 0 radical (unpaired) electrons. The molecule has 0 saturated heterocycles. The van der Waals surface area contributed by atoms with E-state index in [4.69, 9.17) is 0 Å². The number of hydrogen-bond donors (Lipinski definition) is 2. The molecule has 0 saturated carbocycles. The summed E-state index contributed by atoms with van der Waals surface area (Å²) in [5.41, 5.74) is 0.478. The summed E-state index contributed by atoms with van der Waals surface area (Å²) in [7, 11) is 0. The van der Waals surface area contributed by atoms with Crippen LogP contribution in [0.5, 0.6) is 0 Å². The highest BCUT2D eigenvalue weighted by molar-refractivity contribution is 8.00. The van der Waals surface area contributed by atoms with E-state index in [1.165, 1.54) is 23.9 Å². The molecular weight excluding hydrogens is 365 g/mol. The van der Waals surface area contributed by atoms with Gasteiger partial charge in [0, 0.05) is 17.0 Å². The molecule has 26 heavy (non-hydrogen) atoms. The highest BCUT2D eigenvalue weighted by atomic mass is 32.2. The fraction of sp³-hybridized carbons (Fsp3) is 0.222. The van der Waals surface area contributed by atoms with Crippen LogP contribution >= 0.6 is 11.8 Å². The van der Waals surface area contributed by atoms with Crippen molar-refractivity contribution in [2.45, 2.75) is 29.8 Å². The van der Waals surface area contributed by atoms with Crippen molar-refractivity contribution < 1.29 is 22.8 Å². The highest BCUT2D eigenvalue weighted by Gasteiger charge is 2.30. The number of anilines is 1. The molecule has 2 aromatic carbocycles. The van der Waals surface area contributed by atoms with Gasteiger partial charge in [0.1, 0.15) is 0 Å². The standard InChI is InChI=1S/C18H15F3N2O2S/c1-10-16(24)23-14-8-12(5-6-15(14)26-10)17(25)22-9-11-3-2-4-13(7-11)18(19,20)21/h2-8,10H,9H2,1H3,(H,22,25)(H,23,24)/t10-/m0/s1. The van der Waals surface area contributed by atoms with E-state index in [0.29, 0.717) is 16.8 Å². The lowest BCUT2D eigenvalue weighted by atomic mass is 10.1. The van der Waals surface area contributed by atoms with Crippen LogP contribution in [0.2, 0.25) is 0 Å². The molecule has 0 fully saturated rings. The summed E-state index contributed by atoms with van der Waals surface area (Å²) in [5.74, 6) is -0.563. The van der Waals surface area contributed by atoms with Gasteiger partial charge in [0.25, 0.3) is 5.91 Å². The third kappa shape index (κ3) is 4.01. The van der Waals surface area contributed by atoms with Gasteiger partial charge < -0.3 is 10.6 Å². The maximum Gasteiger partial charge on any atom is 0.416 e. The van der Waals surface area contributed by atoms with Gasteiger partial charge in [-0.05, 0) is 42.8 Å². The number of alkyl halides is 3. The molecule has 2 aromatic rings. The van der Waals surface area contributed by atoms with Crippen LogP contribution in [0, 0.1) is 0 Å². The zero-order valence-electron chi connectivity index (χ0n) is 13.7. The molecule has 136 valence electrons. The lowest BCUT2D eigenvalue weighted by Crippen LogP contribution is -2.27. The van der Waals surface area contributed by atoms with E-state index < -0.39 is 17.6 Å². The molecule has 0 bridgehead atoms. The van der Waals surface area contributed by atoms with Crippen LogP contribution in [0.4, 0.5) is 18.9 Å². The molecule has 8 heteroatoms. The SMILES string of the molecule is C[C@@H]1Sc2ccc(C(=O)NCc3cccc(C(F)(F)F)c3)cc2NC1=O. The summed E-state index contributed by atoms with van der Waals surface area (Å²) >= 11 is 1.40. The molecule has 2 N–H and O–H groups in total. The van der Waals surface area contributed by atoms with Gasteiger partial charge in [-0.3, -0.25) is 9.59 Å². The summed E-state index contributed by atoms with van der Waals surface area (Å²) in [4.78, 5) is 24.9. The molecule has 1 aliphatic heterocycles. The van der Waals surface area contributed by atoms with Crippen LogP contribution in [-0.2, 0) is 17.5 Å². The van der Waals surface area contributed by atoms with Crippen molar-refractivity contribution in [3.8, 4) is 0 Å². The number of benzene rings is 2. The second kappa shape index (κ2) is 7.03. The van der Waals surface area contributed by atoms with E-state index >= 15 is 0 Å². The van der Waals surface area contributed by atoms with E-state index in [2.05, 4.69) is 10.6 Å². The summed E-state index contributed by atoms with van der Waals surface area (Å²) in [5, 5.41) is 5.13. The number of nitrogens with one attached hydrogen (secondary N) is 2. The number of hydrogen-bond acceptors (Lipinski definition) is 3. The van der Waals surface area contributed by atoms with Crippen molar-refractivity contribution in [3.05, 3.63) is 59.2 Å². The molecule has 0 aliphatic carbocycles. The molecule has 1 aliphatic rings. The minimum atomic E-state index is -4.43. The lowest BCUT2D eigenvalue weighted by Gasteiger charge is -2.21. The van der Waals surface area contributed by atoms with E-state index in [9.17, 15) is 22.8 Å². The number of rotatable bonds is 3. The van der Waals surface area contributed by atoms with E-state index in [1.54, 1.807) is 25.1 Å². The van der Waals surface area contributed by atoms with Gasteiger partial charge in [-0.2, -0.15) is 13.2 Å². The molecule has 2 amide bonds. The summed E-state index contributed by atoms with van der Waals surface area (Å²) in [6.07, 6.45) is -4.43. The van der Waals surface area contributed by atoms with Gasteiger partial charge in [-0.1, -0.05) is 12.1 Å². The Bertz CT molecular complexity index is 868. The smallest absolute Gasteiger partial charge is 0.348 e. The second-order valence-corrected chi connectivity index (χ2v) is 7.22. The van der Waals surface area contributed by atoms with Crippen LogP contribution in [0.25, 0.3) is 0 Å². The fourth-order valence-corrected chi connectivity index (χ4v) is 3.42. The lowest BCUT2D eigenvalue weighted by molar-refractivity contribution is -0.137. The second-order valence-electron chi connectivity index (χ2n) is 5.84. The first kappa shape index (κ1) is 18.3. The van der Waals surface area contributed by atoms with Crippen molar-refractivity contribution in [2.75, 3.05) is 5.32 Å². The Kier molecular flexibility index (Phi) is 4.95. The van der Waals surface area contributed by atoms with E-state index in [-0.39, 0.29) is 17.7 Å². The maximum atomic E-state index is 12.7. The Labute approximate surface area is 152 Å². The van der Waals surface area contributed by atoms with Crippen molar-refractivity contribution >= 4 is 29.3 Å². The molecule has 1 atom stereocenters. The van der Waals surface area contributed by atoms with Crippen LogP contribution in [0.15, 0.2) is 47.4 Å². The van der Waals surface area contributed by atoms with Crippen molar-refractivity contribution in [1.29, 1.82) is 0 Å². The van der Waals surface area contributed by atoms with Gasteiger partial charge in [0.05, 0.1) is 16.5 Å². The average Bonchev–Trinajstić information content (AvgIpc) is 2.60. The van der Waals surface area contributed by atoms with E-state index in [0.717, 1.165) is 17.0 Å². The summed E-state index contributed by atoms with van der Waals surface area (Å²) in [6.45, 7) is 1.76. The topological polar surface area (TPSA) is 58.2 Å². The first-order chi connectivity index (χ1) is 12.2. The number of thioether (sulfide) groups is 1. The predicted molar refractivity (Wildman–Crippen MR) is 93.0 cm³/mol. The first-order valence-corrected chi connectivity index (χ1v) is 8.68. The number of carbonyl (C=O) groups excluding carboxylic acids is 2. The Balaban J connectivity index is 1.70. The van der Waals surface area contributed by atoms with Crippen LogP contribution in [-0.4, -0.2) is 17.1 Å². The number of amides is 2. The molecular formula is C18H15F3N2O2S. The normalized spacial score (nSPS) is 16.6. The summed E-state index contributed by atoms with van der Waals surface area (Å²) < 4.78 is 38.2. The number of fused-ring (bicyclic) bond motifs is 1. The van der Waals surface area contributed by atoms with Gasteiger partial charge >= 0.3 is 6.18 Å². The Morgan fingerprint density at radius 1 is 1.23 bits per heavy atom. The minimum absolute atomic E-state index is 0.0298. The molecule has 0 aromatic heterocycles. The highest BCUT2D eigenvalue weighted by Crippen LogP contribution is 2.36. The van der Waals surface area contributed by atoms with Crippen molar-refractivity contribution in [3.63, 3.8) is 0 Å². The van der Waals surface area contributed by atoms with E-state index in [1.807, 2.05) is 0 Å². The number of halogens is 3. The van der Waals surface area contributed by atoms with Crippen molar-refractivity contribution in [1.82, 2.24) is 5.32 Å². The largest absolute Gasteiger partial charge is 0.416 e. The molecule has 0 spiro atoms. The maximum absolute atomic E-state index is 12.7. The van der Waals surface area contributed by atoms with Crippen LogP contribution in [0.3, 0.4) is 0 Å². The van der Waals surface area contributed by atoms with Crippen molar-refractivity contribution in [2.24, 2.45) is 0 Å². The molecule has 3 rings (SSSR count). The predicted octanol–water partition coefficient (Wildman–Crippen LogP) is 4.07. The fourth-order valence-electron chi connectivity index (χ4n) is 2.49. The van der Waals surface area contributed by atoms with Gasteiger partial charge in [0.2, 0.25) is 5.91 Å². The zero-order chi connectivity index (χ0) is 18.9. The minimum Gasteiger partial charge on any atom is -0.348 e. The van der Waals surface area contributed by atoms with Crippen LogP contribution < -0.4 is 10.6 Å². The summed E-state index contributed by atoms with van der Waals surface area (Å²) in [6, 6.07) is 9.74. The monoisotopic (exact) mass is 380 g/mol. The van der Waals surface area contributed by atoms with Gasteiger partial charge in [-0.25, -0.2) is 0 Å².